The van der Waals surface area contributed by atoms with E-state index in [4.69, 9.17) is 0 Å². The maximum absolute atomic E-state index is 13.1. The van der Waals surface area contributed by atoms with Crippen LogP contribution in [0, 0.1) is 5.82 Å². The average molecular weight is 379 g/mol. The van der Waals surface area contributed by atoms with E-state index in [1.54, 1.807) is 0 Å². The van der Waals surface area contributed by atoms with Crippen LogP contribution in [0.25, 0.3) is 0 Å². The van der Waals surface area contributed by atoms with Gasteiger partial charge in [0.1, 0.15) is 5.82 Å². The molecule has 0 unspecified atom stereocenters. The second-order valence-electron chi connectivity index (χ2n) is 8.31. The minimum Gasteiger partial charge on any atom is -0.369 e. The van der Waals surface area contributed by atoms with Crippen molar-refractivity contribution in [1.82, 2.24) is 10.2 Å². The summed E-state index contributed by atoms with van der Waals surface area (Å²) in [6.45, 7) is 4.04. The highest BCUT2D eigenvalue weighted by Crippen LogP contribution is 2.43. The van der Waals surface area contributed by atoms with Crippen LogP contribution >= 0.6 is 0 Å². The van der Waals surface area contributed by atoms with Gasteiger partial charge in [0.15, 0.2) is 0 Å². The summed E-state index contributed by atoms with van der Waals surface area (Å²) in [5, 5.41) is 3.29. The summed E-state index contributed by atoms with van der Waals surface area (Å²) in [5.74, 6) is -0.0962. The molecule has 1 amide bonds. The summed E-state index contributed by atoms with van der Waals surface area (Å²) in [5.41, 5.74) is 3.00. The molecule has 2 aromatic rings. The molecule has 1 aliphatic carbocycles. The van der Waals surface area contributed by atoms with Gasteiger partial charge in [0.2, 0.25) is 0 Å². The Morgan fingerprint density at radius 3 is 2.32 bits per heavy atom. The number of rotatable bonds is 2. The van der Waals surface area contributed by atoms with Gasteiger partial charge < -0.3 is 10.2 Å². The molecule has 146 valence electrons. The molecule has 28 heavy (non-hydrogen) atoms. The number of nitrogens with one attached hydrogen (secondary N) is 1. The van der Waals surface area contributed by atoms with Crippen molar-refractivity contribution in [3.8, 4) is 0 Å². The Hall–Kier alpha value is -2.40. The number of hydrogen-bond acceptors (Lipinski definition) is 3. The van der Waals surface area contributed by atoms with Gasteiger partial charge in [-0.25, -0.2) is 4.39 Å². The first-order valence-corrected chi connectivity index (χ1v) is 10.3. The number of benzene rings is 2. The molecular weight excluding hydrogens is 353 g/mol. The van der Waals surface area contributed by atoms with Crippen molar-refractivity contribution in [1.29, 1.82) is 0 Å². The second kappa shape index (κ2) is 6.89. The predicted molar refractivity (Wildman–Crippen MR) is 108 cm³/mol. The second-order valence-corrected chi connectivity index (χ2v) is 8.31. The third-order valence-electron chi connectivity index (χ3n) is 6.87. The van der Waals surface area contributed by atoms with Gasteiger partial charge in [-0.15, -0.1) is 0 Å². The van der Waals surface area contributed by atoms with Crippen molar-refractivity contribution in [3.05, 3.63) is 65.5 Å². The third-order valence-corrected chi connectivity index (χ3v) is 6.87. The van der Waals surface area contributed by atoms with E-state index in [1.807, 2.05) is 30.3 Å². The molecule has 2 aliphatic heterocycles. The number of hydrogen-bond donors (Lipinski definition) is 1. The zero-order chi connectivity index (χ0) is 19.1. The molecule has 1 spiro atoms. The molecule has 0 bridgehead atoms. The first-order chi connectivity index (χ1) is 13.6. The van der Waals surface area contributed by atoms with E-state index in [-0.39, 0.29) is 17.3 Å². The van der Waals surface area contributed by atoms with E-state index in [2.05, 4.69) is 21.2 Å². The van der Waals surface area contributed by atoms with E-state index in [9.17, 15) is 9.18 Å². The van der Waals surface area contributed by atoms with Crippen molar-refractivity contribution in [2.45, 2.75) is 37.3 Å². The van der Waals surface area contributed by atoms with Crippen LogP contribution in [0.5, 0.6) is 0 Å². The summed E-state index contributed by atoms with van der Waals surface area (Å²) in [7, 11) is 0. The molecule has 2 aromatic carbocycles. The topological polar surface area (TPSA) is 35.6 Å². The lowest BCUT2D eigenvalue weighted by Gasteiger charge is -2.45. The maximum atomic E-state index is 13.1. The van der Waals surface area contributed by atoms with Gasteiger partial charge in [-0.2, -0.15) is 0 Å². The zero-order valence-corrected chi connectivity index (χ0v) is 16.0. The molecule has 1 saturated carbocycles. The zero-order valence-electron chi connectivity index (χ0n) is 16.0. The van der Waals surface area contributed by atoms with Gasteiger partial charge in [0.05, 0.1) is 5.54 Å². The van der Waals surface area contributed by atoms with Crippen LogP contribution < -0.4 is 10.2 Å². The van der Waals surface area contributed by atoms with Crippen LogP contribution in [0.1, 0.15) is 41.6 Å². The first kappa shape index (κ1) is 17.7. The Kier molecular flexibility index (Phi) is 4.35. The summed E-state index contributed by atoms with van der Waals surface area (Å²) < 4.78 is 13.1. The number of anilines is 1. The third kappa shape index (κ3) is 2.98. The van der Waals surface area contributed by atoms with E-state index in [1.165, 1.54) is 17.7 Å². The Bertz CT molecular complexity index is 866. The van der Waals surface area contributed by atoms with Crippen LogP contribution in [0.3, 0.4) is 0 Å². The van der Waals surface area contributed by atoms with Crippen molar-refractivity contribution in [3.63, 3.8) is 0 Å². The molecule has 3 aliphatic rings. The lowest BCUT2D eigenvalue weighted by atomic mass is 9.75. The predicted octanol–water partition coefficient (Wildman–Crippen LogP) is 3.53. The van der Waals surface area contributed by atoms with Gasteiger partial charge in [-0.05, 0) is 61.6 Å². The largest absolute Gasteiger partial charge is 0.369 e. The molecule has 5 rings (SSSR count). The molecule has 4 nitrogen and oxygen atoms in total. The first-order valence-electron chi connectivity index (χ1n) is 10.3. The molecule has 0 radical (unpaired) electrons. The lowest BCUT2D eigenvalue weighted by Crippen LogP contribution is -2.53. The number of amides is 1. The van der Waals surface area contributed by atoms with E-state index in [0.29, 0.717) is 6.04 Å². The van der Waals surface area contributed by atoms with Crippen molar-refractivity contribution < 1.29 is 9.18 Å². The quantitative estimate of drug-likeness (QED) is 0.867. The van der Waals surface area contributed by atoms with Crippen molar-refractivity contribution >= 4 is 11.6 Å². The summed E-state index contributed by atoms with van der Waals surface area (Å²) >= 11 is 0. The van der Waals surface area contributed by atoms with Crippen LogP contribution in [-0.4, -0.2) is 43.0 Å². The molecule has 1 saturated heterocycles. The number of halogens is 1. The number of fused-ring (bicyclic) bond motifs is 2. The monoisotopic (exact) mass is 379 g/mol. The highest BCUT2D eigenvalue weighted by molar-refractivity contribution is 6.00. The minimum atomic E-state index is -0.181. The van der Waals surface area contributed by atoms with Crippen LogP contribution in [-0.2, 0) is 5.54 Å². The molecule has 2 fully saturated rings. The molecule has 0 atom stereocenters. The van der Waals surface area contributed by atoms with Crippen molar-refractivity contribution in [2.75, 3.05) is 31.1 Å². The fourth-order valence-corrected chi connectivity index (χ4v) is 5.30. The van der Waals surface area contributed by atoms with Gasteiger partial charge in [-0.3, -0.25) is 9.69 Å². The van der Waals surface area contributed by atoms with E-state index >= 15 is 0 Å². The Morgan fingerprint density at radius 1 is 0.929 bits per heavy atom. The number of carbonyl (C=O) groups is 1. The van der Waals surface area contributed by atoms with Crippen LogP contribution in [0.2, 0.25) is 0 Å². The maximum Gasteiger partial charge on any atom is 0.252 e. The highest BCUT2D eigenvalue weighted by atomic mass is 19.1. The fraction of sp³-hybridized carbons (Fsp3) is 0.435. The molecular formula is C23H26FN3O. The lowest BCUT2D eigenvalue weighted by molar-refractivity contribution is 0.0828. The molecule has 2 heterocycles. The number of piperazine rings is 1. The summed E-state index contributed by atoms with van der Waals surface area (Å²) in [6, 6.07) is 15.5. The summed E-state index contributed by atoms with van der Waals surface area (Å²) in [4.78, 5) is 17.3. The van der Waals surface area contributed by atoms with Crippen LogP contribution in [0.15, 0.2) is 48.5 Å². The van der Waals surface area contributed by atoms with Gasteiger partial charge in [0.25, 0.3) is 5.91 Å². The number of nitrogens with zero attached hydrogens (tertiary/aromatic N) is 2. The molecule has 1 N–H and O–H groups in total. The Morgan fingerprint density at radius 2 is 1.61 bits per heavy atom. The minimum absolute atomic E-state index is 0.0852. The average Bonchev–Trinajstić information content (AvgIpc) is 3.01. The van der Waals surface area contributed by atoms with E-state index < -0.39 is 0 Å². The summed E-state index contributed by atoms with van der Waals surface area (Å²) in [6.07, 6.45) is 4.26. The smallest absolute Gasteiger partial charge is 0.252 e. The van der Waals surface area contributed by atoms with Gasteiger partial charge in [-0.1, -0.05) is 18.2 Å². The Labute approximate surface area is 165 Å². The van der Waals surface area contributed by atoms with Gasteiger partial charge in [0, 0.05) is 43.5 Å². The van der Waals surface area contributed by atoms with Crippen molar-refractivity contribution in [2.24, 2.45) is 0 Å². The Balaban J connectivity index is 1.21. The normalized spacial score (nSPS) is 27.7. The standard InChI is InChI=1S/C23H26FN3O/c24-17-5-7-18(8-6-17)26-13-15-27(16-14-26)19-9-11-23(12-10-19)21-4-2-1-3-20(21)22(28)25-23/h1-8,19H,9-16H2,(H,25,28). The van der Waals surface area contributed by atoms with Gasteiger partial charge >= 0.3 is 0 Å². The highest BCUT2D eigenvalue weighted by Gasteiger charge is 2.45. The molecule has 0 aromatic heterocycles. The van der Waals surface area contributed by atoms with E-state index in [0.717, 1.165) is 63.1 Å². The number of carbonyl (C=O) groups excluding carboxylic acids is 1. The SMILES string of the molecule is O=C1NC2(CCC(N3CCN(c4ccc(F)cc4)CC3)CC2)c2ccccc21. The fourth-order valence-electron chi connectivity index (χ4n) is 5.30. The van der Waals surface area contributed by atoms with Crippen LogP contribution in [0.4, 0.5) is 10.1 Å². The molecule has 5 heteroatoms.